The number of carbonyl (C=O) groups excluding carboxylic acids is 9. The number of nitro groups is 2. The number of nitrogens with one attached hydrogen (secondary N) is 1. The van der Waals surface area contributed by atoms with Gasteiger partial charge in [0.15, 0.2) is 17.5 Å². The first-order chi connectivity index (χ1) is 68.5. The zero-order valence-corrected chi connectivity index (χ0v) is 81.8. The number of unbranched alkanes of at least 4 members (excludes halogenated alkanes) is 1. The van der Waals surface area contributed by atoms with E-state index in [0.29, 0.717) is 80.9 Å². The number of benzene rings is 6. The SMILES string of the molecule is C=CCN1CCc2cc(C(=O)OCC)sc2-c2ccc(F)cc21.C=CCN1CCc2cc(C(=O)c3ncc4ccccn34)sc2-c2ccc(F)cc21.CN1C(=O)CC(=O)N(C)C1=O.O=C(Cl)c1ccc([N+](=O)[O-])cc1.O=C(c1cc2c(s1)-c1ccc(F)cc1N(C(=O)c1ccc([N+](=O)[O-])cc1)CC2)c1ncc2ccccn12.O=C(c1cc2c(s1)-c1ccc(F)cc1NCC2)c1ncc2ccccn12.[CH2-]CCC.[Li+]. The van der Waals surface area contributed by atoms with Crippen LogP contribution in [-0.2, 0) is 40.0 Å². The molecule has 722 valence electrons. The van der Waals surface area contributed by atoms with Crippen LogP contribution < -0.4 is 38.9 Å². The monoisotopic (exact) mass is 2010 g/mol. The fourth-order valence-corrected chi connectivity index (χ4v) is 20.9. The summed E-state index contributed by atoms with van der Waals surface area (Å²) in [5, 5.41) is 23.8. The van der Waals surface area contributed by atoms with E-state index in [9.17, 15) is 80.9 Å². The van der Waals surface area contributed by atoms with Crippen LogP contribution in [0.15, 0.2) is 263 Å². The van der Waals surface area contributed by atoms with Gasteiger partial charge in [0.1, 0.15) is 34.6 Å². The molecular formula is C105H88ClF4LiN14O14S4. The smallest absolute Gasteiger partial charge is 0.462 e. The Bertz CT molecular complexity index is 7570. The Labute approximate surface area is 849 Å². The van der Waals surface area contributed by atoms with Crippen LogP contribution in [0.5, 0.6) is 0 Å². The van der Waals surface area contributed by atoms with E-state index in [-0.39, 0.29) is 95.1 Å². The molecule has 0 saturated carbocycles. The van der Waals surface area contributed by atoms with Gasteiger partial charge in [-0.15, -0.1) is 58.5 Å². The van der Waals surface area contributed by atoms with Gasteiger partial charge in [0.25, 0.3) is 22.5 Å². The normalized spacial score (nSPS) is 12.9. The number of ketones is 3. The molecule has 6 aromatic carbocycles. The number of aromatic nitrogens is 6. The number of anilines is 4. The van der Waals surface area contributed by atoms with Gasteiger partial charge in [-0.05, 0) is 224 Å². The van der Waals surface area contributed by atoms with Gasteiger partial charge in [-0.25, -0.2) is 42.1 Å². The molecule has 16 aromatic rings. The second-order valence-corrected chi connectivity index (χ2v) is 37.0. The standard InChI is InChI=1S/C27H17FN4O4S.C23H18FN3OS.C20H14FN3OS.C18H18FNO2S.C7H4ClNO3.C6H8N2O3.C4H9.Li/c28-18-6-9-21-22(14-18)31(27(34)16-4-7-19(8-5-16)32(35)36)12-10-17-13-23(37-25(17)21)24(33)26-29-15-20-3-1-2-11-30(20)26;1-2-9-26-11-8-15-12-20(29-22(15)18-7-6-16(24)13-19(18)26)21(28)23-25-14-17-5-3-4-10-27(17)23;21-13-4-5-15-16(10-13)22-7-6-12-9-17(26-19(12)15)18(25)20-23-11-14-3-1-2-8-24(14)20;1-3-8-20-9-7-12-10-16(18(21)22-4-2)23-17(12)14-6-5-13(19)11-15(14)20;8-7(10)5-1-3-6(4-2-5)9(11)12;1-7-4(9)3-5(10)8(2)6(7)11;1-3-4-2;/h1-9,11,13-15H,10,12H2;2-7,10,12-14H,1,8-9,11H2;1-5,8-11,22H,6-7H2;3,5-6,10-11H,1,4,7-9H2,2H3;1-4H;3H2,1-2H3;1,3-4H2,2H3;/q;;;;;;-1;+1. The first-order valence-electron chi connectivity index (χ1n) is 44.6. The molecule has 0 unspecified atom stereocenters. The number of hydrogen-bond donors (Lipinski definition) is 1. The van der Waals surface area contributed by atoms with Crippen molar-refractivity contribution in [3.63, 3.8) is 0 Å². The van der Waals surface area contributed by atoms with Crippen LogP contribution in [0, 0.1) is 50.4 Å². The third-order valence-electron chi connectivity index (χ3n) is 23.3. The van der Waals surface area contributed by atoms with Crippen LogP contribution >= 0.6 is 56.9 Å². The molecule has 5 amide bonds. The predicted molar refractivity (Wildman–Crippen MR) is 543 cm³/mol. The summed E-state index contributed by atoms with van der Waals surface area (Å²) in [6.45, 7) is 19.2. The first kappa shape index (κ1) is 104. The minimum atomic E-state index is -0.620. The maximum Gasteiger partial charge on any atom is 1.00 e. The number of non-ortho nitro benzene ring substituents is 2. The van der Waals surface area contributed by atoms with Gasteiger partial charge in [0, 0.05) is 166 Å². The minimum absolute atomic E-state index is 0. The summed E-state index contributed by atoms with van der Waals surface area (Å²) in [6.07, 6.45) is 19.1. The molecule has 28 nitrogen and oxygen atoms in total. The van der Waals surface area contributed by atoms with E-state index in [0.717, 1.165) is 141 Å². The van der Waals surface area contributed by atoms with Crippen LogP contribution in [0.25, 0.3) is 58.3 Å². The van der Waals surface area contributed by atoms with Crippen molar-refractivity contribution in [1.82, 2.24) is 38.0 Å². The van der Waals surface area contributed by atoms with Crippen LogP contribution in [0.1, 0.15) is 132 Å². The van der Waals surface area contributed by atoms with Crippen LogP contribution in [0.2, 0.25) is 0 Å². The Morgan fingerprint density at radius 3 is 1.25 bits per heavy atom. The Hall–Kier alpha value is -15.3. The number of nitro benzene ring substituents is 2. The molecular weight excluding hydrogens is 1930 g/mol. The Morgan fingerprint density at radius 2 is 0.853 bits per heavy atom. The number of barbiturate groups is 1. The van der Waals surface area contributed by atoms with Gasteiger partial charge in [0.05, 0.1) is 71.9 Å². The topological polar surface area (TPSA) is 329 Å². The molecule has 38 heteroatoms. The van der Waals surface area contributed by atoms with Crippen molar-refractivity contribution in [3.05, 3.63) is 383 Å². The van der Waals surface area contributed by atoms with E-state index in [1.807, 2.05) is 108 Å². The molecule has 143 heavy (non-hydrogen) atoms. The largest absolute Gasteiger partial charge is 1.00 e. The van der Waals surface area contributed by atoms with Crippen molar-refractivity contribution >= 4 is 160 Å². The van der Waals surface area contributed by atoms with Crippen LogP contribution in [0.3, 0.4) is 0 Å². The molecule has 1 saturated heterocycles. The van der Waals surface area contributed by atoms with Crippen molar-refractivity contribution in [3.8, 4) is 41.8 Å². The van der Waals surface area contributed by atoms with Crippen LogP contribution in [-0.4, -0.2) is 160 Å². The number of urea groups is 1. The minimum Gasteiger partial charge on any atom is -0.462 e. The number of rotatable bonds is 17. The third kappa shape index (κ3) is 23.2. The number of pyridine rings is 3. The number of halogens is 5. The number of carbonyl (C=O) groups is 9. The molecule has 10 aromatic heterocycles. The summed E-state index contributed by atoms with van der Waals surface area (Å²) < 4.78 is 66.1. The van der Waals surface area contributed by atoms with Gasteiger partial charge >= 0.3 is 30.9 Å². The quantitative estimate of drug-likeness (QED) is 0.00845. The zero-order valence-electron chi connectivity index (χ0n) is 77.7. The summed E-state index contributed by atoms with van der Waals surface area (Å²) in [4.78, 5) is 155. The van der Waals surface area contributed by atoms with Gasteiger partial charge in [-0.1, -0.05) is 43.7 Å². The number of imide groups is 2. The fourth-order valence-electron chi connectivity index (χ4n) is 16.1. The maximum absolute atomic E-state index is 14.4. The summed E-state index contributed by atoms with van der Waals surface area (Å²) in [5.41, 5.74) is 13.5. The molecule has 1 N–H and O–H groups in total. The average molecular weight is 2020 g/mol. The maximum atomic E-state index is 14.4. The van der Waals surface area contributed by atoms with E-state index in [1.165, 1.54) is 156 Å². The van der Waals surface area contributed by atoms with Crippen molar-refractivity contribution in [1.29, 1.82) is 0 Å². The molecule has 0 spiro atoms. The average Bonchev–Trinajstić information content (AvgIpc) is 1.64. The van der Waals surface area contributed by atoms with Gasteiger partial charge in [0.2, 0.25) is 29.2 Å². The molecule has 0 aliphatic carbocycles. The number of esters is 1. The van der Waals surface area contributed by atoms with E-state index < -0.39 is 44.7 Å². The predicted octanol–water partition coefficient (Wildman–Crippen LogP) is 19.2. The molecule has 1 fully saturated rings. The Kier molecular flexibility index (Phi) is 33.6. The number of ether oxygens (including phenoxy) is 1. The number of fused-ring (bicyclic) bond motifs is 15. The Balaban J connectivity index is 0.000000140. The fraction of sp³-hybridized carbons (Fsp3) is 0.171. The number of amides is 5. The van der Waals surface area contributed by atoms with Gasteiger partial charge < -0.3 is 31.7 Å². The Morgan fingerprint density at radius 1 is 0.490 bits per heavy atom. The van der Waals surface area contributed by atoms with E-state index in [4.69, 9.17) is 16.3 Å². The number of hydrogen-bond acceptors (Lipinski definition) is 24. The van der Waals surface area contributed by atoms with Gasteiger partial charge in [-0.3, -0.25) is 76.8 Å². The summed E-state index contributed by atoms with van der Waals surface area (Å²) >= 11 is 10.7. The first-order valence-corrected chi connectivity index (χ1v) is 48.2. The molecule has 0 bridgehead atoms. The van der Waals surface area contributed by atoms with Crippen molar-refractivity contribution in [2.24, 2.45) is 0 Å². The second kappa shape index (κ2) is 46.4. The second-order valence-electron chi connectivity index (χ2n) is 32.4. The molecule has 0 atom stereocenters. The van der Waals surface area contributed by atoms with Crippen molar-refractivity contribution < 1.29 is 94.2 Å². The molecule has 15 heterocycles. The molecule has 21 rings (SSSR count). The zero-order chi connectivity index (χ0) is 101. The van der Waals surface area contributed by atoms with E-state index in [1.54, 1.807) is 76.9 Å². The molecule has 5 aliphatic rings. The number of nitrogens with zero attached hydrogens (tertiary/aromatic N) is 13. The number of thiophene rings is 4. The van der Waals surface area contributed by atoms with Gasteiger partial charge in [-0.2, -0.15) is 6.42 Å². The molecule has 5 aliphatic heterocycles. The molecule has 0 radical (unpaired) electrons. The van der Waals surface area contributed by atoms with Crippen LogP contribution in [0.4, 0.5) is 56.5 Å². The summed E-state index contributed by atoms with van der Waals surface area (Å²) in [6, 6.07) is 53.1. The summed E-state index contributed by atoms with van der Waals surface area (Å²) in [5.74, 6) is -2.15. The number of imidazole rings is 3. The summed E-state index contributed by atoms with van der Waals surface area (Å²) in [7, 11) is 2.71. The van der Waals surface area contributed by atoms with E-state index >= 15 is 0 Å². The van der Waals surface area contributed by atoms with Crippen molar-refractivity contribution in [2.45, 2.75) is 58.8 Å². The van der Waals surface area contributed by atoms with E-state index in [2.05, 4.69) is 57.1 Å². The van der Waals surface area contributed by atoms with Crippen molar-refractivity contribution in [2.75, 3.05) is 80.0 Å². The third-order valence-corrected chi connectivity index (χ3v) is 28.3.